The van der Waals surface area contributed by atoms with Gasteiger partial charge in [0, 0.05) is 22.2 Å². The highest BCUT2D eigenvalue weighted by Gasteiger charge is 2.32. The second-order valence-corrected chi connectivity index (χ2v) is 8.43. The van der Waals surface area contributed by atoms with Gasteiger partial charge in [0.2, 0.25) is 0 Å². The van der Waals surface area contributed by atoms with Gasteiger partial charge in [0.25, 0.3) is 0 Å². The van der Waals surface area contributed by atoms with Crippen LogP contribution in [0.25, 0.3) is 0 Å². The van der Waals surface area contributed by atoms with Crippen molar-refractivity contribution in [2.75, 3.05) is 6.26 Å². The number of ketones is 1. The minimum atomic E-state index is -3.04. The molecule has 0 radical (unpaired) electrons. The smallest absolute Gasteiger partial charge is 0.166 e. The first-order valence-electron chi connectivity index (χ1n) is 6.36. The molecule has 0 bridgehead atoms. The molecule has 1 aliphatic rings. The van der Waals surface area contributed by atoms with Gasteiger partial charge < -0.3 is 0 Å². The Morgan fingerprint density at radius 3 is 2.68 bits per heavy atom. The number of sulfone groups is 1. The first-order chi connectivity index (χ1) is 8.88. The van der Waals surface area contributed by atoms with Crippen molar-refractivity contribution in [2.45, 2.75) is 30.9 Å². The molecule has 2 rings (SSSR count). The van der Waals surface area contributed by atoms with Crippen LogP contribution in [0, 0.1) is 5.92 Å². The lowest BCUT2D eigenvalue weighted by Gasteiger charge is -2.27. The summed E-state index contributed by atoms with van der Waals surface area (Å²) >= 11 is 3.35. The summed E-state index contributed by atoms with van der Waals surface area (Å²) < 4.78 is 24.1. The number of carbonyl (C=O) groups excluding carboxylic acids is 1. The molecule has 19 heavy (non-hydrogen) atoms. The predicted molar refractivity (Wildman–Crippen MR) is 79.1 cm³/mol. The molecule has 2 unspecified atom stereocenters. The number of halogens is 1. The van der Waals surface area contributed by atoms with Crippen LogP contribution in [0.5, 0.6) is 0 Å². The molecular formula is C14H17BrO3S. The van der Waals surface area contributed by atoms with Gasteiger partial charge in [-0.15, -0.1) is 0 Å². The summed E-state index contributed by atoms with van der Waals surface area (Å²) in [6.07, 6.45) is 4.01. The van der Waals surface area contributed by atoms with Gasteiger partial charge in [0.1, 0.15) is 9.84 Å². The molecule has 1 aromatic carbocycles. The zero-order chi connectivity index (χ0) is 14.0. The Morgan fingerprint density at radius 2 is 2.05 bits per heavy atom. The van der Waals surface area contributed by atoms with Crippen molar-refractivity contribution < 1.29 is 13.2 Å². The predicted octanol–water partition coefficient (Wildman–Crippen LogP) is 3.24. The van der Waals surface area contributed by atoms with Crippen molar-refractivity contribution in [2.24, 2.45) is 5.92 Å². The molecule has 1 fully saturated rings. The van der Waals surface area contributed by atoms with E-state index in [0.717, 1.165) is 17.3 Å². The van der Waals surface area contributed by atoms with Gasteiger partial charge in [0.15, 0.2) is 5.78 Å². The Morgan fingerprint density at radius 1 is 1.32 bits per heavy atom. The van der Waals surface area contributed by atoms with E-state index < -0.39 is 9.84 Å². The van der Waals surface area contributed by atoms with Crippen LogP contribution >= 0.6 is 15.9 Å². The van der Waals surface area contributed by atoms with Crippen LogP contribution < -0.4 is 0 Å². The van der Waals surface area contributed by atoms with E-state index >= 15 is 0 Å². The van der Waals surface area contributed by atoms with Crippen LogP contribution in [-0.4, -0.2) is 25.7 Å². The van der Waals surface area contributed by atoms with E-state index in [-0.39, 0.29) is 17.0 Å². The first-order valence-corrected chi connectivity index (χ1v) is 9.11. The van der Waals surface area contributed by atoms with Crippen LogP contribution in [0.2, 0.25) is 0 Å². The standard InChI is InChI=1S/C14H17BrO3S/c1-19(17,18)13-7-3-5-11(9-13)14(16)10-4-2-6-12(15)8-10/h2,4,6,8,11,13H,3,5,7,9H2,1H3. The molecule has 2 atom stereocenters. The van der Waals surface area contributed by atoms with Gasteiger partial charge in [-0.25, -0.2) is 8.42 Å². The fourth-order valence-corrected chi connectivity index (χ4v) is 4.23. The Bertz CT molecular complexity index is 580. The van der Waals surface area contributed by atoms with Gasteiger partial charge in [-0.1, -0.05) is 34.5 Å². The van der Waals surface area contributed by atoms with Gasteiger partial charge >= 0.3 is 0 Å². The maximum atomic E-state index is 12.4. The molecule has 0 amide bonds. The van der Waals surface area contributed by atoms with Crippen molar-refractivity contribution in [3.63, 3.8) is 0 Å². The average Bonchev–Trinajstić information content (AvgIpc) is 2.37. The normalized spacial score (nSPS) is 24.1. The largest absolute Gasteiger partial charge is 0.294 e. The topological polar surface area (TPSA) is 51.2 Å². The molecule has 0 aliphatic heterocycles. The van der Waals surface area contributed by atoms with Gasteiger partial charge in [-0.05, 0) is 31.4 Å². The molecule has 0 N–H and O–H groups in total. The molecule has 1 aliphatic carbocycles. The maximum Gasteiger partial charge on any atom is 0.166 e. The van der Waals surface area contributed by atoms with Gasteiger partial charge in [-0.3, -0.25) is 4.79 Å². The van der Waals surface area contributed by atoms with E-state index in [1.165, 1.54) is 6.26 Å². The second kappa shape index (κ2) is 5.75. The van der Waals surface area contributed by atoms with E-state index in [1.54, 1.807) is 12.1 Å². The summed E-state index contributed by atoms with van der Waals surface area (Å²) in [6.45, 7) is 0. The molecule has 0 aromatic heterocycles. The van der Waals surface area contributed by atoms with Crippen molar-refractivity contribution in [3.8, 4) is 0 Å². The lowest BCUT2D eigenvalue weighted by Crippen LogP contribution is -2.31. The fraction of sp³-hybridized carbons (Fsp3) is 0.500. The maximum absolute atomic E-state index is 12.4. The minimum absolute atomic E-state index is 0.0645. The van der Waals surface area contributed by atoms with Gasteiger partial charge in [0.05, 0.1) is 5.25 Å². The Hall–Kier alpha value is -0.680. The van der Waals surface area contributed by atoms with Crippen LogP contribution in [0.3, 0.4) is 0 Å². The van der Waals surface area contributed by atoms with E-state index in [0.29, 0.717) is 18.4 Å². The van der Waals surface area contributed by atoms with E-state index in [4.69, 9.17) is 0 Å². The van der Waals surface area contributed by atoms with Crippen LogP contribution in [0.15, 0.2) is 28.7 Å². The van der Waals surface area contributed by atoms with Crippen molar-refractivity contribution >= 4 is 31.6 Å². The first kappa shape index (κ1) is 14.7. The number of hydrogen-bond acceptors (Lipinski definition) is 3. The third-order valence-electron chi connectivity index (χ3n) is 3.71. The highest BCUT2D eigenvalue weighted by Crippen LogP contribution is 2.31. The highest BCUT2D eigenvalue weighted by atomic mass is 79.9. The van der Waals surface area contributed by atoms with Crippen LogP contribution in [0.4, 0.5) is 0 Å². The van der Waals surface area contributed by atoms with Crippen LogP contribution in [-0.2, 0) is 9.84 Å². The Balaban J connectivity index is 2.16. The summed E-state index contributed by atoms with van der Waals surface area (Å²) in [4.78, 5) is 12.4. The van der Waals surface area contributed by atoms with Crippen molar-refractivity contribution in [1.82, 2.24) is 0 Å². The third kappa shape index (κ3) is 3.66. The molecule has 3 nitrogen and oxygen atoms in total. The summed E-state index contributed by atoms with van der Waals surface area (Å²) in [5, 5.41) is -0.359. The molecule has 104 valence electrons. The molecule has 1 saturated carbocycles. The van der Waals surface area contributed by atoms with E-state index in [2.05, 4.69) is 15.9 Å². The Labute approximate surface area is 122 Å². The van der Waals surface area contributed by atoms with Crippen molar-refractivity contribution in [1.29, 1.82) is 0 Å². The molecule has 0 heterocycles. The zero-order valence-electron chi connectivity index (χ0n) is 10.8. The number of Topliss-reactive ketones (excluding diaryl/α,β-unsaturated/α-hetero) is 1. The molecule has 1 aromatic rings. The number of carbonyl (C=O) groups is 1. The van der Waals surface area contributed by atoms with E-state index in [9.17, 15) is 13.2 Å². The second-order valence-electron chi connectivity index (χ2n) is 5.19. The number of benzene rings is 1. The third-order valence-corrected chi connectivity index (χ3v) is 5.84. The summed E-state index contributed by atoms with van der Waals surface area (Å²) in [6, 6.07) is 7.29. The zero-order valence-corrected chi connectivity index (χ0v) is 13.2. The molecular weight excluding hydrogens is 328 g/mol. The Kier molecular flexibility index (Phi) is 4.46. The highest BCUT2D eigenvalue weighted by molar-refractivity contribution is 9.10. The lowest BCUT2D eigenvalue weighted by molar-refractivity contribution is 0.0891. The van der Waals surface area contributed by atoms with Crippen molar-refractivity contribution in [3.05, 3.63) is 34.3 Å². The lowest BCUT2D eigenvalue weighted by atomic mass is 9.83. The number of rotatable bonds is 3. The minimum Gasteiger partial charge on any atom is -0.294 e. The van der Waals surface area contributed by atoms with E-state index in [1.807, 2.05) is 12.1 Å². The average molecular weight is 345 g/mol. The quantitative estimate of drug-likeness (QED) is 0.791. The summed E-state index contributed by atoms with van der Waals surface area (Å²) in [7, 11) is -3.04. The van der Waals surface area contributed by atoms with Crippen LogP contribution in [0.1, 0.15) is 36.0 Å². The molecule has 0 spiro atoms. The molecule has 0 saturated heterocycles. The molecule has 5 heteroatoms. The summed E-state index contributed by atoms with van der Waals surface area (Å²) in [5.41, 5.74) is 0.661. The number of hydrogen-bond donors (Lipinski definition) is 0. The SMILES string of the molecule is CS(=O)(=O)C1CCCC(C(=O)c2cccc(Br)c2)C1. The fourth-order valence-electron chi connectivity index (χ4n) is 2.65. The van der Waals surface area contributed by atoms with Gasteiger partial charge in [-0.2, -0.15) is 0 Å². The summed E-state index contributed by atoms with van der Waals surface area (Å²) in [5.74, 6) is -0.0996. The monoisotopic (exact) mass is 344 g/mol.